The molecule has 0 saturated carbocycles. The van der Waals surface area contributed by atoms with Gasteiger partial charge in [-0.1, -0.05) is 12.1 Å². The minimum absolute atomic E-state index is 0.0453. The van der Waals surface area contributed by atoms with E-state index in [1.54, 1.807) is 37.3 Å². The van der Waals surface area contributed by atoms with Gasteiger partial charge in [0.2, 0.25) is 5.91 Å². The molecule has 9 nitrogen and oxygen atoms in total. The van der Waals surface area contributed by atoms with Crippen LogP contribution in [0.5, 0.6) is 5.75 Å². The van der Waals surface area contributed by atoms with E-state index in [1.807, 2.05) is 0 Å². The number of anilines is 1. The van der Waals surface area contributed by atoms with Gasteiger partial charge in [-0.2, -0.15) is 0 Å². The first kappa shape index (κ1) is 20.8. The van der Waals surface area contributed by atoms with Crippen LogP contribution in [0.25, 0.3) is 0 Å². The average molecular weight is 402 g/mol. The fraction of sp³-hybridized carbons (Fsp3) is 0.450. The third-order valence-corrected chi connectivity index (χ3v) is 4.45. The van der Waals surface area contributed by atoms with Crippen LogP contribution in [0.2, 0.25) is 0 Å². The maximum atomic E-state index is 12.2. The van der Waals surface area contributed by atoms with Gasteiger partial charge in [0.25, 0.3) is 5.91 Å². The van der Waals surface area contributed by atoms with E-state index in [1.165, 1.54) is 0 Å². The molecule has 1 aromatic heterocycles. The predicted octanol–water partition coefficient (Wildman–Crippen LogP) is 1.66. The van der Waals surface area contributed by atoms with E-state index in [0.29, 0.717) is 30.2 Å². The van der Waals surface area contributed by atoms with E-state index in [4.69, 9.17) is 14.0 Å². The molecule has 2 N–H and O–H groups in total. The van der Waals surface area contributed by atoms with Crippen LogP contribution in [-0.2, 0) is 16.1 Å². The summed E-state index contributed by atoms with van der Waals surface area (Å²) in [4.78, 5) is 25.8. The van der Waals surface area contributed by atoms with Crippen LogP contribution >= 0.6 is 0 Å². The van der Waals surface area contributed by atoms with E-state index >= 15 is 0 Å². The van der Waals surface area contributed by atoms with Crippen molar-refractivity contribution < 1.29 is 23.6 Å². The molecule has 2 heterocycles. The quantitative estimate of drug-likeness (QED) is 0.657. The van der Waals surface area contributed by atoms with Crippen molar-refractivity contribution in [1.29, 1.82) is 0 Å². The number of morpholine rings is 1. The van der Waals surface area contributed by atoms with E-state index in [0.717, 1.165) is 32.8 Å². The second kappa shape index (κ2) is 10.6. The Kier molecular flexibility index (Phi) is 7.60. The van der Waals surface area contributed by atoms with Crippen molar-refractivity contribution in [3.63, 3.8) is 0 Å². The summed E-state index contributed by atoms with van der Waals surface area (Å²) < 4.78 is 16.1. The van der Waals surface area contributed by atoms with Crippen molar-refractivity contribution in [2.24, 2.45) is 0 Å². The lowest BCUT2D eigenvalue weighted by atomic mass is 10.3. The number of rotatable bonds is 9. The summed E-state index contributed by atoms with van der Waals surface area (Å²) >= 11 is 0. The molecule has 0 unspecified atom stereocenters. The number of amides is 2. The molecule has 2 aromatic rings. The van der Waals surface area contributed by atoms with Crippen LogP contribution in [0.15, 0.2) is 34.9 Å². The lowest BCUT2D eigenvalue weighted by Gasteiger charge is -2.26. The second-order valence-electron chi connectivity index (χ2n) is 6.60. The standard InChI is InChI=1S/C20H26N4O5/c1-2-19(25)22-15-3-5-16(6-4-15)28-14-17-13-18(23-29-17)20(26)21-7-8-24-9-11-27-12-10-24/h3-6,13H,2,7-12,14H2,1H3,(H,21,26)(H,22,25). The summed E-state index contributed by atoms with van der Waals surface area (Å²) in [7, 11) is 0. The number of carbonyl (C=O) groups excluding carboxylic acids is 2. The fourth-order valence-electron chi connectivity index (χ4n) is 2.77. The number of carbonyl (C=O) groups is 2. The molecule has 1 aliphatic rings. The summed E-state index contributed by atoms with van der Waals surface area (Å²) in [6.45, 7) is 6.49. The van der Waals surface area contributed by atoms with Gasteiger partial charge in [0, 0.05) is 44.4 Å². The minimum atomic E-state index is -0.274. The van der Waals surface area contributed by atoms with Crippen molar-refractivity contribution >= 4 is 17.5 Å². The first-order valence-electron chi connectivity index (χ1n) is 9.70. The second-order valence-corrected chi connectivity index (χ2v) is 6.60. The zero-order chi connectivity index (χ0) is 20.5. The Labute approximate surface area is 169 Å². The molecule has 2 amide bonds. The third-order valence-electron chi connectivity index (χ3n) is 4.45. The number of aromatic nitrogens is 1. The Hall–Kier alpha value is -2.91. The van der Waals surface area contributed by atoms with Crippen molar-refractivity contribution in [2.75, 3.05) is 44.7 Å². The molecule has 156 valence electrons. The maximum absolute atomic E-state index is 12.2. The van der Waals surface area contributed by atoms with Gasteiger partial charge < -0.3 is 24.6 Å². The molecule has 0 atom stereocenters. The molecule has 0 aliphatic carbocycles. The highest BCUT2D eigenvalue weighted by Crippen LogP contribution is 2.17. The van der Waals surface area contributed by atoms with Gasteiger partial charge in [0.05, 0.1) is 13.2 Å². The Morgan fingerprint density at radius 2 is 1.97 bits per heavy atom. The molecule has 1 aliphatic heterocycles. The molecular formula is C20H26N4O5. The van der Waals surface area contributed by atoms with Crippen LogP contribution in [0.3, 0.4) is 0 Å². The SMILES string of the molecule is CCC(=O)Nc1ccc(OCc2cc(C(=O)NCCN3CCOCC3)no2)cc1. The van der Waals surface area contributed by atoms with Gasteiger partial charge >= 0.3 is 0 Å². The monoisotopic (exact) mass is 402 g/mol. The number of hydrogen-bond donors (Lipinski definition) is 2. The molecule has 0 bridgehead atoms. The summed E-state index contributed by atoms with van der Waals surface area (Å²) in [5, 5.41) is 9.41. The van der Waals surface area contributed by atoms with Crippen LogP contribution in [0.4, 0.5) is 5.69 Å². The lowest BCUT2D eigenvalue weighted by Crippen LogP contribution is -2.41. The maximum Gasteiger partial charge on any atom is 0.273 e. The van der Waals surface area contributed by atoms with Gasteiger partial charge in [-0.3, -0.25) is 14.5 Å². The molecule has 1 fully saturated rings. The zero-order valence-corrected chi connectivity index (χ0v) is 16.5. The van der Waals surface area contributed by atoms with Crippen LogP contribution in [-0.4, -0.2) is 61.3 Å². The van der Waals surface area contributed by atoms with Crippen molar-refractivity contribution in [3.8, 4) is 5.75 Å². The number of nitrogens with one attached hydrogen (secondary N) is 2. The predicted molar refractivity (Wildman–Crippen MR) is 106 cm³/mol. The number of hydrogen-bond acceptors (Lipinski definition) is 7. The molecule has 1 saturated heterocycles. The summed E-state index contributed by atoms with van der Waals surface area (Å²) in [5.41, 5.74) is 0.933. The minimum Gasteiger partial charge on any atom is -0.486 e. The van der Waals surface area contributed by atoms with E-state index in [2.05, 4.69) is 20.7 Å². The van der Waals surface area contributed by atoms with Crippen molar-refractivity contribution in [3.05, 3.63) is 41.8 Å². The zero-order valence-electron chi connectivity index (χ0n) is 16.5. The van der Waals surface area contributed by atoms with Gasteiger partial charge in [-0.05, 0) is 24.3 Å². The Balaban J connectivity index is 1.41. The molecular weight excluding hydrogens is 376 g/mol. The average Bonchev–Trinajstić information content (AvgIpc) is 3.23. The van der Waals surface area contributed by atoms with Gasteiger partial charge in [0.1, 0.15) is 12.4 Å². The Bertz CT molecular complexity index is 799. The van der Waals surface area contributed by atoms with E-state index < -0.39 is 0 Å². The molecule has 0 radical (unpaired) electrons. The van der Waals surface area contributed by atoms with Crippen LogP contribution in [0, 0.1) is 0 Å². The lowest BCUT2D eigenvalue weighted by molar-refractivity contribution is -0.115. The summed E-state index contributed by atoms with van der Waals surface area (Å²) in [6.07, 6.45) is 0.423. The highest BCUT2D eigenvalue weighted by molar-refractivity contribution is 5.92. The Morgan fingerprint density at radius 3 is 2.69 bits per heavy atom. The number of ether oxygens (including phenoxy) is 2. The van der Waals surface area contributed by atoms with Crippen LogP contribution in [0.1, 0.15) is 29.6 Å². The van der Waals surface area contributed by atoms with E-state index in [9.17, 15) is 9.59 Å². The fourth-order valence-corrected chi connectivity index (χ4v) is 2.77. The van der Waals surface area contributed by atoms with Gasteiger partial charge in [-0.25, -0.2) is 0 Å². The summed E-state index contributed by atoms with van der Waals surface area (Å²) in [5.74, 6) is 0.749. The number of benzene rings is 1. The number of nitrogens with zero attached hydrogens (tertiary/aromatic N) is 2. The molecule has 1 aromatic carbocycles. The van der Waals surface area contributed by atoms with Crippen LogP contribution < -0.4 is 15.4 Å². The Morgan fingerprint density at radius 1 is 1.21 bits per heavy atom. The highest BCUT2D eigenvalue weighted by Gasteiger charge is 2.14. The van der Waals surface area contributed by atoms with Crippen molar-refractivity contribution in [2.45, 2.75) is 20.0 Å². The van der Waals surface area contributed by atoms with Gasteiger partial charge in [0.15, 0.2) is 11.5 Å². The normalized spacial score (nSPS) is 14.4. The third kappa shape index (κ3) is 6.58. The van der Waals surface area contributed by atoms with Crippen molar-refractivity contribution in [1.82, 2.24) is 15.4 Å². The largest absolute Gasteiger partial charge is 0.486 e. The molecule has 9 heteroatoms. The van der Waals surface area contributed by atoms with E-state index in [-0.39, 0.29) is 24.1 Å². The molecule has 29 heavy (non-hydrogen) atoms. The first-order chi connectivity index (χ1) is 14.1. The summed E-state index contributed by atoms with van der Waals surface area (Å²) in [6, 6.07) is 8.59. The topological polar surface area (TPSA) is 106 Å². The smallest absolute Gasteiger partial charge is 0.273 e. The highest BCUT2D eigenvalue weighted by atomic mass is 16.5. The molecule has 3 rings (SSSR count). The first-order valence-corrected chi connectivity index (χ1v) is 9.70. The molecule has 0 spiro atoms. The van der Waals surface area contributed by atoms with Gasteiger partial charge in [-0.15, -0.1) is 0 Å².